The first-order chi connectivity index (χ1) is 6.02. The van der Waals surface area contributed by atoms with Crippen LogP contribution in [0.2, 0.25) is 0 Å². The third-order valence-corrected chi connectivity index (χ3v) is 2.31. The van der Waals surface area contributed by atoms with Gasteiger partial charge in [0.1, 0.15) is 0 Å². The molecule has 86 valence electrons. The van der Waals surface area contributed by atoms with Crippen molar-refractivity contribution in [2.45, 2.75) is 26.7 Å². The summed E-state index contributed by atoms with van der Waals surface area (Å²) >= 11 is 0. The molecule has 0 amide bonds. The Morgan fingerprint density at radius 2 is 1.86 bits per heavy atom. The number of carbonyl (C=O) groups excluding carboxylic acids is 1. The molecule has 0 bridgehead atoms. The third-order valence-electron chi connectivity index (χ3n) is 2.31. The van der Waals surface area contributed by atoms with Gasteiger partial charge in [0, 0.05) is 6.42 Å². The van der Waals surface area contributed by atoms with Gasteiger partial charge in [-0.25, -0.2) is 0 Å². The molecule has 0 spiro atoms. The molecule has 14 heavy (non-hydrogen) atoms. The predicted octanol–water partition coefficient (Wildman–Crippen LogP) is -1.57. The minimum Gasteiger partial charge on any atom is -1.00 e. The van der Waals surface area contributed by atoms with Crippen LogP contribution >= 0.6 is 0 Å². The van der Waals surface area contributed by atoms with E-state index in [1.807, 2.05) is 6.92 Å². The van der Waals surface area contributed by atoms with Crippen molar-refractivity contribution < 1.29 is 31.0 Å². The van der Waals surface area contributed by atoms with Crippen molar-refractivity contribution in [3.8, 4) is 0 Å². The van der Waals surface area contributed by atoms with Crippen LogP contribution in [0.4, 0.5) is 0 Å². The van der Waals surface area contributed by atoms with Crippen molar-refractivity contribution in [1.82, 2.24) is 0 Å². The number of carbonyl (C=O) groups is 1. The average molecular weight is 268 g/mol. The van der Waals surface area contributed by atoms with Gasteiger partial charge in [0.05, 0.1) is 40.2 Å². The Balaban J connectivity index is 0. The van der Waals surface area contributed by atoms with Gasteiger partial charge in [-0.2, -0.15) is 0 Å². The molecule has 4 heteroatoms. The fraction of sp³-hybridized carbons (Fsp3) is 0.900. The van der Waals surface area contributed by atoms with Crippen LogP contribution in [-0.4, -0.2) is 44.2 Å². The summed E-state index contributed by atoms with van der Waals surface area (Å²) in [6.45, 7) is 6.62. The molecular weight excluding hydrogens is 246 g/mol. The molecule has 0 saturated carbocycles. The normalized spacial score (nSPS) is 10.6. The molecule has 0 fully saturated rings. The maximum Gasteiger partial charge on any atom is 0.305 e. The summed E-state index contributed by atoms with van der Waals surface area (Å²) in [5.74, 6) is -0.0707. The molecule has 0 N–H and O–H groups in total. The molecular formula is C10H22BrNO2. The summed E-state index contributed by atoms with van der Waals surface area (Å²) in [6, 6.07) is 0. The second-order valence-electron chi connectivity index (χ2n) is 3.88. The highest BCUT2D eigenvalue weighted by Crippen LogP contribution is 2.01. The summed E-state index contributed by atoms with van der Waals surface area (Å²) in [7, 11) is 4.34. The molecule has 0 rings (SSSR count). The number of esters is 1. The van der Waals surface area contributed by atoms with E-state index in [4.69, 9.17) is 4.74 Å². The Morgan fingerprint density at radius 1 is 1.29 bits per heavy atom. The number of hydrogen-bond acceptors (Lipinski definition) is 2. The first kappa shape index (κ1) is 16.3. The molecule has 0 aromatic heterocycles. The second kappa shape index (κ2) is 8.24. The molecule has 0 atom stereocenters. The number of ether oxygens (including phenoxy) is 1. The molecule has 0 aromatic rings. The summed E-state index contributed by atoms with van der Waals surface area (Å²) in [5.41, 5.74) is 0. The van der Waals surface area contributed by atoms with E-state index >= 15 is 0 Å². The van der Waals surface area contributed by atoms with E-state index in [0.717, 1.165) is 24.0 Å². The largest absolute Gasteiger partial charge is 1.00 e. The van der Waals surface area contributed by atoms with Gasteiger partial charge in [-0.1, -0.05) is 0 Å². The predicted molar refractivity (Wildman–Crippen MR) is 53.4 cm³/mol. The van der Waals surface area contributed by atoms with Crippen LogP contribution in [0.25, 0.3) is 0 Å². The molecule has 0 heterocycles. The quantitative estimate of drug-likeness (QED) is 0.430. The van der Waals surface area contributed by atoms with E-state index in [1.54, 1.807) is 0 Å². The Hall–Kier alpha value is -0.0900. The van der Waals surface area contributed by atoms with Crippen molar-refractivity contribution in [3.05, 3.63) is 0 Å². The van der Waals surface area contributed by atoms with Crippen LogP contribution in [-0.2, 0) is 9.53 Å². The van der Waals surface area contributed by atoms with Crippen LogP contribution < -0.4 is 17.0 Å². The number of quaternary nitrogens is 1. The minimum absolute atomic E-state index is 0. The van der Waals surface area contributed by atoms with Gasteiger partial charge in [-0.05, 0) is 13.8 Å². The standard InChI is InChI=1S/C10H22NO2.BrH/c1-5-11(3,4)9-7-8-10(12)13-6-2;/h5-9H2,1-4H3;1H/q+1;/p-1. The SMILES string of the molecule is CCOC(=O)CCC[N+](C)(C)CC.[Br-]. The van der Waals surface area contributed by atoms with Gasteiger partial charge in [-0.3, -0.25) is 4.79 Å². The Bertz CT molecular complexity index is 160. The molecule has 0 aromatic carbocycles. The third kappa shape index (κ3) is 8.51. The van der Waals surface area contributed by atoms with Gasteiger partial charge in [0.2, 0.25) is 0 Å². The van der Waals surface area contributed by atoms with E-state index in [2.05, 4.69) is 21.0 Å². The minimum atomic E-state index is -0.0707. The lowest BCUT2D eigenvalue weighted by Crippen LogP contribution is -3.00. The summed E-state index contributed by atoms with van der Waals surface area (Å²) in [5, 5.41) is 0. The van der Waals surface area contributed by atoms with Gasteiger partial charge >= 0.3 is 5.97 Å². The van der Waals surface area contributed by atoms with Crippen molar-refractivity contribution in [1.29, 1.82) is 0 Å². The zero-order valence-electron chi connectivity index (χ0n) is 9.68. The molecule has 0 radical (unpaired) electrons. The molecule has 0 aliphatic heterocycles. The number of rotatable bonds is 6. The van der Waals surface area contributed by atoms with E-state index in [-0.39, 0.29) is 23.0 Å². The van der Waals surface area contributed by atoms with Crippen LogP contribution in [0.3, 0.4) is 0 Å². The van der Waals surface area contributed by atoms with Gasteiger partial charge in [0.15, 0.2) is 0 Å². The Morgan fingerprint density at radius 3 is 2.29 bits per heavy atom. The maximum absolute atomic E-state index is 11.0. The van der Waals surface area contributed by atoms with Gasteiger partial charge in [0.25, 0.3) is 0 Å². The molecule has 0 saturated heterocycles. The van der Waals surface area contributed by atoms with Crippen LogP contribution in [0, 0.1) is 0 Å². The average Bonchev–Trinajstić information content (AvgIpc) is 2.05. The maximum atomic E-state index is 11.0. The first-order valence-corrected chi connectivity index (χ1v) is 4.99. The number of nitrogens with zero attached hydrogens (tertiary/aromatic N) is 1. The number of halogens is 1. The van der Waals surface area contributed by atoms with Crippen LogP contribution in [0.1, 0.15) is 26.7 Å². The van der Waals surface area contributed by atoms with Crippen LogP contribution in [0.15, 0.2) is 0 Å². The summed E-state index contributed by atoms with van der Waals surface area (Å²) in [4.78, 5) is 11.0. The topological polar surface area (TPSA) is 26.3 Å². The lowest BCUT2D eigenvalue weighted by atomic mass is 10.3. The smallest absolute Gasteiger partial charge is 0.305 e. The lowest BCUT2D eigenvalue weighted by Gasteiger charge is -2.27. The highest BCUT2D eigenvalue weighted by atomic mass is 79.9. The van der Waals surface area contributed by atoms with Gasteiger partial charge in [-0.15, -0.1) is 0 Å². The molecule has 3 nitrogen and oxygen atoms in total. The van der Waals surface area contributed by atoms with Gasteiger partial charge < -0.3 is 26.2 Å². The summed E-state index contributed by atoms with van der Waals surface area (Å²) in [6.07, 6.45) is 1.47. The Labute approximate surface area is 97.8 Å². The lowest BCUT2D eigenvalue weighted by molar-refractivity contribution is -0.888. The van der Waals surface area contributed by atoms with E-state index in [1.165, 1.54) is 0 Å². The number of hydrogen-bond donors (Lipinski definition) is 0. The van der Waals surface area contributed by atoms with Crippen molar-refractivity contribution in [3.63, 3.8) is 0 Å². The highest BCUT2D eigenvalue weighted by Gasteiger charge is 2.12. The molecule has 0 aliphatic carbocycles. The van der Waals surface area contributed by atoms with Crippen LogP contribution in [0.5, 0.6) is 0 Å². The fourth-order valence-corrected chi connectivity index (χ4v) is 1.04. The van der Waals surface area contributed by atoms with E-state index in [9.17, 15) is 4.79 Å². The Kier molecular flexibility index (Phi) is 9.62. The monoisotopic (exact) mass is 267 g/mol. The molecule has 0 aliphatic rings. The summed E-state index contributed by atoms with van der Waals surface area (Å²) < 4.78 is 5.82. The van der Waals surface area contributed by atoms with Crippen molar-refractivity contribution in [2.75, 3.05) is 33.8 Å². The van der Waals surface area contributed by atoms with E-state index < -0.39 is 0 Å². The van der Waals surface area contributed by atoms with Crippen molar-refractivity contribution >= 4 is 5.97 Å². The van der Waals surface area contributed by atoms with E-state index in [0.29, 0.717) is 13.0 Å². The molecule has 0 unspecified atom stereocenters. The first-order valence-electron chi connectivity index (χ1n) is 4.99. The fourth-order valence-electron chi connectivity index (χ4n) is 1.04. The highest BCUT2D eigenvalue weighted by molar-refractivity contribution is 5.69. The second-order valence-corrected chi connectivity index (χ2v) is 3.88. The zero-order valence-corrected chi connectivity index (χ0v) is 11.3. The van der Waals surface area contributed by atoms with Crippen molar-refractivity contribution in [2.24, 2.45) is 0 Å². The zero-order chi connectivity index (χ0) is 10.3.